The minimum Gasteiger partial charge on any atom is -0.479 e. The molecule has 0 saturated carbocycles. The van der Waals surface area contributed by atoms with Crippen molar-refractivity contribution in [3.05, 3.63) is 0 Å². The summed E-state index contributed by atoms with van der Waals surface area (Å²) >= 11 is 0. The highest BCUT2D eigenvalue weighted by Crippen LogP contribution is 2.18. The molecule has 3 nitrogen and oxygen atoms in total. The molecule has 60 valence electrons. The molecule has 0 aliphatic carbocycles. The highest BCUT2D eigenvalue weighted by molar-refractivity contribution is 5.83. The second kappa shape index (κ2) is 2.93. The van der Waals surface area contributed by atoms with Crippen LogP contribution in [0.25, 0.3) is 0 Å². The van der Waals surface area contributed by atoms with Gasteiger partial charge in [-0.1, -0.05) is 5.92 Å². The molecule has 1 saturated heterocycles. The Morgan fingerprint density at radius 1 is 1.73 bits per heavy atom. The van der Waals surface area contributed by atoms with Crippen molar-refractivity contribution < 1.29 is 9.90 Å². The van der Waals surface area contributed by atoms with Gasteiger partial charge in [-0.2, -0.15) is 0 Å². The summed E-state index contributed by atoms with van der Waals surface area (Å²) in [5.41, 5.74) is -0.950. The molecule has 0 aromatic carbocycles. The molecular formula is C8H11NO2. The molecule has 1 aliphatic heterocycles. The lowest BCUT2D eigenvalue weighted by Gasteiger charge is -2.16. The molecule has 2 N–H and O–H groups in total. The van der Waals surface area contributed by atoms with E-state index in [1.807, 2.05) is 0 Å². The molecule has 0 spiro atoms. The van der Waals surface area contributed by atoms with Gasteiger partial charge in [0.1, 0.15) is 0 Å². The standard InChI is InChI=1S/C8H11NO2/c1-2-4-8(7(10)11)5-3-6-9-8/h9H,3,5-6H2,1H3,(H,10,11). The van der Waals surface area contributed by atoms with Crippen LogP contribution in [0.1, 0.15) is 19.8 Å². The van der Waals surface area contributed by atoms with Gasteiger partial charge in [0.25, 0.3) is 0 Å². The molecule has 1 fully saturated rings. The van der Waals surface area contributed by atoms with Crippen molar-refractivity contribution in [3.63, 3.8) is 0 Å². The van der Waals surface area contributed by atoms with Gasteiger partial charge in [0.15, 0.2) is 5.54 Å². The Morgan fingerprint density at radius 3 is 2.82 bits per heavy atom. The smallest absolute Gasteiger partial charge is 0.336 e. The van der Waals surface area contributed by atoms with Crippen LogP contribution < -0.4 is 5.32 Å². The summed E-state index contributed by atoms with van der Waals surface area (Å²) in [7, 11) is 0. The van der Waals surface area contributed by atoms with E-state index in [1.165, 1.54) is 0 Å². The molecule has 1 aliphatic rings. The van der Waals surface area contributed by atoms with Crippen molar-refractivity contribution in [3.8, 4) is 11.8 Å². The van der Waals surface area contributed by atoms with Crippen molar-refractivity contribution in [1.82, 2.24) is 5.32 Å². The normalized spacial score (nSPS) is 29.2. The Bertz CT molecular complexity index is 218. The largest absolute Gasteiger partial charge is 0.479 e. The van der Waals surface area contributed by atoms with E-state index in [-0.39, 0.29) is 0 Å². The summed E-state index contributed by atoms with van der Waals surface area (Å²) < 4.78 is 0. The number of hydrogen-bond donors (Lipinski definition) is 2. The predicted octanol–water partition coefficient (Wildman–Crippen LogP) is 0.216. The fourth-order valence-corrected chi connectivity index (χ4v) is 1.30. The Hall–Kier alpha value is -1.01. The molecule has 0 aromatic rings. The minimum atomic E-state index is -0.950. The van der Waals surface area contributed by atoms with Crippen LogP contribution in [-0.2, 0) is 4.79 Å². The quantitative estimate of drug-likeness (QED) is 0.530. The Kier molecular flexibility index (Phi) is 2.16. The number of carboxylic acid groups (broad SMARTS) is 1. The molecule has 1 unspecified atom stereocenters. The topological polar surface area (TPSA) is 49.3 Å². The molecular weight excluding hydrogens is 142 g/mol. The maximum atomic E-state index is 10.7. The molecule has 0 bridgehead atoms. The van der Waals surface area contributed by atoms with Gasteiger partial charge in [0.2, 0.25) is 0 Å². The van der Waals surface area contributed by atoms with Crippen molar-refractivity contribution in [1.29, 1.82) is 0 Å². The molecule has 0 radical (unpaired) electrons. The summed E-state index contributed by atoms with van der Waals surface area (Å²) in [6.07, 6.45) is 1.50. The van der Waals surface area contributed by atoms with Gasteiger partial charge in [0, 0.05) is 0 Å². The van der Waals surface area contributed by atoms with Crippen molar-refractivity contribution >= 4 is 5.97 Å². The van der Waals surface area contributed by atoms with Gasteiger partial charge in [-0.25, -0.2) is 4.79 Å². The Labute approximate surface area is 65.8 Å². The van der Waals surface area contributed by atoms with Gasteiger partial charge in [-0.3, -0.25) is 5.32 Å². The number of hydrogen-bond acceptors (Lipinski definition) is 2. The molecule has 0 aromatic heterocycles. The van der Waals surface area contributed by atoms with Crippen molar-refractivity contribution in [2.24, 2.45) is 0 Å². The number of carboxylic acids is 1. The molecule has 1 rings (SSSR count). The van der Waals surface area contributed by atoms with Crippen LogP contribution in [0.2, 0.25) is 0 Å². The first kappa shape index (κ1) is 8.09. The van der Waals surface area contributed by atoms with Crippen molar-refractivity contribution in [2.75, 3.05) is 6.54 Å². The first-order valence-electron chi connectivity index (χ1n) is 3.63. The Morgan fingerprint density at radius 2 is 2.45 bits per heavy atom. The highest BCUT2D eigenvalue weighted by Gasteiger charge is 2.39. The van der Waals surface area contributed by atoms with E-state index in [4.69, 9.17) is 5.11 Å². The average molecular weight is 153 g/mol. The van der Waals surface area contributed by atoms with Gasteiger partial charge < -0.3 is 5.11 Å². The van der Waals surface area contributed by atoms with E-state index in [0.717, 1.165) is 13.0 Å². The number of carbonyl (C=O) groups is 1. The first-order valence-corrected chi connectivity index (χ1v) is 3.63. The lowest BCUT2D eigenvalue weighted by molar-refractivity contribution is -0.141. The molecule has 3 heteroatoms. The van der Waals surface area contributed by atoms with E-state index in [2.05, 4.69) is 17.2 Å². The highest BCUT2D eigenvalue weighted by atomic mass is 16.4. The maximum absolute atomic E-state index is 10.7. The van der Waals surface area contributed by atoms with Crippen LogP contribution in [0.15, 0.2) is 0 Å². The minimum absolute atomic E-state index is 0.614. The zero-order valence-corrected chi connectivity index (χ0v) is 6.48. The van der Waals surface area contributed by atoms with E-state index < -0.39 is 11.5 Å². The third-order valence-corrected chi connectivity index (χ3v) is 1.86. The number of aliphatic carboxylic acids is 1. The van der Waals surface area contributed by atoms with E-state index in [9.17, 15) is 4.79 Å². The lowest BCUT2D eigenvalue weighted by Crippen LogP contribution is -2.46. The van der Waals surface area contributed by atoms with Crippen LogP contribution >= 0.6 is 0 Å². The lowest BCUT2D eigenvalue weighted by atomic mass is 9.99. The summed E-state index contributed by atoms with van der Waals surface area (Å²) in [6.45, 7) is 2.41. The fraction of sp³-hybridized carbons (Fsp3) is 0.625. The zero-order valence-electron chi connectivity index (χ0n) is 6.48. The third kappa shape index (κ3) is 1.36. The van der Waals surface area contributed by atoms with Gasteiger partial charge in [-0.15, -0.1) is 5.92 Å². The van der Waals surface area contributed by atoms with Crippen LogP contribution in [0.4, 0.5) is 0 Å². The zero-order chi connectivity index (χ0) is 8.32. The SMILES string of the molecule is CC#CC1(C(=O)O)CCCN1. The van der Waals surface area contributed by atoms with E-state index >= 15 is 0 Å². The fourth-order valence-electron chi connectivity index (χ4n) is 1.30. The Balaban J connectivity index is 2.84. The second-order valence-corrected chi connectivity index (χ2v) is 2.62. The first-order chi connectivity index (χ1) is 5.21. The van der Waals surface area contributed by atoms with E-state index in [1.54, 1.807) is 6.92 Å². The molecule has 1 atom stereocenters. The maximum Gasteiger partial charge on any atom is 0.336 e. The second-order valence-electron chi connectivity index (χ2n) is 2.62. The van der Waals surface area contributed by atoms with Gasteiger partial charge >= 0.3 is 5.97 Å². The predicted molar refractivity (Wildman–Crippen MR) is 41.1 cm³/mol. The summed E-state index contributed by atoms with van der Waals surface area (Å²) in [6, 6.07) is 0. The molecule has 0 amide bonds. The van der Waals surface area contributed by atoms with Crippen LogP contribution in [0.5, 0.6) is 0 Å². The van der Waals surface area contributed by atoms with Gasteiger partial charge in [0.05, 0.1) is 0 Å². The van der Waals surface area contributed by atoms with E-state index in [0.29, 0.717) is 6.42 Å². The van der Waals surface area contributed by atoms with Crippen molar-refractivity contribution in [2.45, 2.75) is 25.3 Å². The number of rotatable bonds is 1. The van der Waals surface area contributed by atoms with Crippen LogP contribution in [0, 0.1) is 11.8 Å². The third-order valence-electron chi connectivity index (χ3n) is 1.86. The van der Waals surface area contributed by atoms with Gasteiger partial charge in [-0.05, 0) is 26.3 Å². The van der Waals surface area contributed by atoms with Crippen LogP contribution in [-0.4, -0.2) is 23.2 Å². The summed E-state index contributed by atoms with van der Waals surface area (Å²) in [4.78, 5) is 10.7. The van der Waals surface area contributed by atoms with Crippen LogP contribution in [0.3, 0.4) is 0 Å². The molecule has 11 heavy (non-hydrogen) atoms. The number of nitrogens with one attached hydrogen (secondary N) is 1. The summed E-state index contributed by atoms with van der Waals surface area (Å²) in [5.74, 6) is 4.48. The monoisotopic (exact) mass is 153 g/mol. The summed E-state index contributed by atoms with van der Waals surface area (Å²) in [5, 5.41) is 11.7. The molecule has 1 heterocycles. The average Bonchev–Trinajstić information content (AvgIpc) is 2.38.